The number of hydrogen-bond donors (Lipinski definition) is 2. The lowest BCUT2D eigenvalue weighted by molar-refractivity contribution is -0.121. The number of carbonyl (C=O) groups is 2. The van der Waals surface area contributed by atoms with E-state index in [1.807, 2.05) is 12.1 Å². The first-order chi connectivity index (χ1) is 14.7. The first-order valence-corrected chi connectivity index (χ1v) is 12.0. The minimum Gasteiger partial charge on any atom is -0.495 e. The monoisotopic (exact) mass is 465 g/mol. The van der Waals surface area contributed by atoms with Crippen molar-refractivity contribution in [2.75, 3.05) is 36.5 Å². The molecule has 0 radical (unpaired) electrons. The smallest absolute Gasteiger partial charge is 0.253 e. The van der Waals surface area contributed by atoms with Crippen LogP contribution in [0.25, 0.3) is 0 Å². The first kappa shape index (κ1) is 22.9. The number of ether oxygens (including phenoxy) is 1. The number of amides is 2. The summed E-state index contributed by atoms with van der Waals surface area (Å²) in [5, 5.41) is 3.10. The molecule has 2 amide bonds. The van der Waals surface area contributed by atoms with E-state index in [2.05, 4.69) is 10.0 Å². The molecular weight excluding hydrogens is 442 g/mol. The number of para-hydroxylation sites is 2. The highest BCUT2D eigenvalue weighted by atomic mass is 35.5. The Bertz CT molecular complexity index is 1080. The van der Waals surface area contributed by atoms with Gasteiger partial charge < -0.3 is 15.0 Å². The van der Waals surface area contributed by atoms with Crippen molar-refractivity contribution in [1.82, 2.24) is 4.90 Å². The summed E-state index contributed by atoms with van der Waals surface area (Å²) in [5.74, 6) is 0.0193. The lowest BCUT2D eigenvalue weighted by Gasteiger charge is -2.31. The van der Waals surface area contributed by atoms with Crippen molar-refractivity contribution in [2.45, 2.75) is 12.8 Å². The lowest BCUT2D eigenvalue weighted by Crippen LogP contribution is -2.41. The average molecular weight is 466 g/mol. The van der Waals surface area contributed by atoms with Gasteiger partial charge >= 0.3 is 0 Å². The molecule has 2 aromatic rings. The molecule has 8 nitrogen and oxygen atoms in total. The molecule has 2 N–H and O–H groups in total. The Hall–Kier alpha value is -2.78. The van der Waals surface area contributed by atoms with E-state index in [-0.39, 0.29) is 28.4 Å². The first-order valence-electron chi connectivity index (χ1n) is 9.68. The van der Waals surface area contributed by atoms with Gasteiger partial charge in [0.1, 0.15) is 5.75 Å². The van der Waals surface area contributed by atoms with Gasteiger partial charge in [0.25, 0.3) is 5.91 Å². The van der Waals surface area contributed by atoms with E-state index >= 15 is 0 Å². The van der Waals surface area contributed by atoms with Crippen molar-refractivity contribution >= 4 is 44.8 Å². The SMILES string of the molecule is COc1ccccc1NC(=O)C1CCN(C(=O)c2ccc(Cl)c(NS(C)(=O)=O)c2)CC1. The second kappa shape index (κ2) is 9.57. The molecule has 1 saturated heterocycles. The summed E-state index contributed by atoms with van der Waals surface area (Å²) < 4.78 is 30.6. The van der Waals surface area contributed by atoms with Crippen LogP contribution in [0, 0.1) is 5.92 Å². The second-order valence-corrected chi connectivity index (χ2v) is 9.48. The largest absolute Gasteiger partial charge is 0.495 e. The summed E-state index contributed by atoms with van der Waals surface area (Å²) in [6, 6.07) is 11.7. The Morgan fingerprint density at radius 3 is 2.42 bits per heavy atom. The number of benzene rings is 2. The van der Waals surface area contributed by atoms with E-state index in [9.17, 15) is 18.0 Å². The van der Waals surface area contributed by atoms with Gasteiger partial charge in [-0.05, 0) is 43.2 Å². The second-order valence-electron chi connectivity index (χ2n) is 7.32. The molecule has 2 aromatic carbocycles. The van der Waals surface area contributed by atoms with Crippen LogP contribution in [0.3, 0.4) is 0 Å². The Balaban J connectivity index is 1.62. The van der Waals surface area contributed by atoms with E-state index in [4.69, 9.17) is 16.3 Å². The van der Waals surface area contributed by atoms with Crippen LogP contribution in [-0.2, 0) is 14.8 Å². The molecule has 1 fully saturated rings. The summed E-state index contributed by atoms with van der Waals surface area (Å²) in [6.07, 6.45) is 2.06. The van der Waals surface area contributed by atoms with E-state index in [1.165, 1.54) is 12.1 Å². The molecule has 1 heterocycles. The topological polar surface area (TPSA) is 105 Å². The van der Waals surface area contributed by atoms with Crippen molar-refractivity contribution in [3.05, 3.63) is 53.1 Å². The third-order valence-electron chi connectivity index (χ3n) is 5.03. The number of piperidine rings is 1. The number of methoxy groups -OCH3 is 1. The molecule has 0 aromatic heterocycles. The molecule has 0 aliphatic carbocycles. The highest BCUT2D eigenvalue weighted by Gasteiger charge is 2.28. The summed E-state index contributed by atoms with van der Waals surface area (Å²) in [5.41, 5.74) is 1.09. The van der Waals surface area contributed by atoms with Gasteiger partial charge in [-0.2, -0.15) is 0 Å². The molecular formula is C21H24ClN3O5S. The molecule has 0 saturated carbocycles. The highest BCUT2D eigenvalue weighted by molar-refractivity contribution is 7.92. The fraction of sp³-hybridized carbons (Fsp3) is 0.333. The van der Waals surface area contributed by atoms with Gasteiger partial charge in [0.2, 0.25) is 15.9 Å². The Labute approximate surface area is 186 Å². The maximum atomic E-state index is 12.9. The Kier molecular flexibility index (Phi) is 7.07. The molecule has 10 heteroatoms. The van der Waals surface area contributed by atoms with Crippen LogP contribution < -0.4 is 14.8 Å². The predicted octanol–water partition coefficient (Wildman–Crippen LogP) is 3.21. The number of likely N-dealkylation sites (tertiary alicyclic amines) is 1. The minimum atomic E-state index is -3.53. The number of halogens is 1. The molecule has 0 bridgehead atoms. The summed E-state index contributed by atoms with van der Waals surface area (Å²) >= 11 is 6.03. The lowest BCUT2D eigenvalue weighted by atomic mass is 9.95. The summed E-state index contributed by atoms with van der Waals surface area (Å²) in [4.78, 5) is 27.2. The van der Waals surface area contributed by atoms with Gasteiger partial charge in [-0.15, -0.1) is 0 Å². The fourth-order valence-electron chi connectivity index (χ4n) is 3.45. The number of nitrogens with zero attached hydrogens (tertiary/aromatic N) is 1. The van der Waals surface area contributed by atoms with E-state index < -0.39 is 10.0 Å². The van der Waals surface area contributed by atoms with Gasteiger partial charge in [0, 0.05) is 24.6 Å². The van der Waals surface area contributed by atoms with E-state index in [0.717, 1.165) is 6.26 Å². The van der Waals surface area contributed by atoms with Gasteiger partial charge in [0.15, 0.2) is 0 Å². The van der Waals surface area contributed by atoms with Crippen LogP contribution >= 0.6 is 11.6 Å². The standard InChI is InChI=1S/C21H24ClN3O5S/c1-30-19-6-4-3-5-17(19)23-20(26)14-9-11-25(12-10-14)21(27)15-7-8-16(22)18(13-15)24-31(2,28)29/h3-8,13-14,24H,9-12H2,1-2H3,(H,23,26). The van der Waals surface area contributed by atoms with E-state index in [1.54, 1.807) is 30.2 Å². The molecule has 3 rings (SSSR count). The zero-order chi connectivity index (χ0) is 22.6. The number of sulfonamides is 1. The van der Waals surface area contributed by atoms with Gasteiger partial charge in [0.05, 0.1) is 29.8 Å². The number of nitrogens with one attached hydrogen (secondary N) is 2. The van der Waals surface area contributed by atoms with Crippen LogP contribution in [0.2, 0.25) is 5.02 Å². The number of anilines is 2. The minimum absolute atomic E-state index is 0.109. The van der Waals surface area contributed by atoms with Gasteiger partial charge in [-0.1, -0.05) is 23.7 Å². The fourth-order valence-corrected chi connectivity index (χ4v) is 4.24. The van der Waals surface area contributed by atoms with Crippen molar-refractivity contribution in [2.24, 2.45) is 5.92 Å². The molecule has 0 unspecified atom stereocenters. The molecule has 1 aliphatic heterocycles. The van der Waals surface area contributed by atoms with Gasteiger partial charge in [-0.3, -0.25) is 14.3 Å². The van der Waals surface area contributed by atoms with Crippen LogP contribution in [0.15, 0.2) is 42.5 Å². The van der Waals surface area contributed by atoms with Crippen LogP contribution in [0.5, 0.6) is 5.75 Å². The van der Waals surface area contributed by atoms with E-state index in [0.29, 0.717) is 42.9 Å². The number of carbonyl (C=O) groups excluding carboxylic acids is 2. The van der Waals surface area contributed by atoms with Crippen molar-refractivity contribution in [1.29, 1.82) is 0 Å². The molecule has 1 aliphatic rings. The average Bonchev–Trinajstić information content (AvgIpc) is 2.74. The third kappa shape index (κ3) is 5.89. The van der Waals surface area contributed by atoms with Crippen molar-refractivity contribution in [3.8, 4) is 5.75 Å². The maximum absolute atomic E-state index is 12.9. The van der Waals surface area contributed by atoms with Crippen molar-refractivity contribution in [3.63, 3.8) is 0 Å². The van der Waals surface area contributed by atoms with Crippen LogP contribution in [0.1, 0.15) is 23.2 Å². The zero-order valence-electron chi connectivity index (χ0n) is 17.2. The normalized spacial score (nSPS) is 14.7. The molecule has 31 heavy (non-hydrogen) atoms. The maximum Gasteiger partial charge on any atom is 0.253 e. The molecule has 0 spiro atoms. The van der Waals surface area contributed by atoms with Crippen LogP contribution in [-0.4, -0.2) is 51.6 Å². The zero-order valence-corrected chi connectivity index (χ0v) is 18.8. The summed E-state index contributed by atoms with van der Waals surface area (Å²) in [6.45, 7) is 0.834. The summed E-state index contributed by atoms with van der Waals surface area (Å²) in [7, 11) is -1.98. The van der Waals surface area contributed by atoms with Gasteiger partial charge in [-0.25, -0.2) is 8.42 Å². The quantitative estimate of drug-likeness (QED) is 0.681. The highest BCUT2D eigenvalue weighted by Crippen LogP contribution is 2.28. The number of hydrogen-bond acceptors (Lipinski definition) is 5. The Morgan fingerprint density at radius 1 is 1.10 bits per heavy atom. The van der Waals surface area contributed by atoms with Crippen LogP contribution in [0.4, 0.5) is 11.4 Å². The molecule has 0 atom stereocenters. The van der Waals surface area contributed by atoms with Crippen molar-refractivity contribution < 1.29 is 22.7 Å². The number of rotatable bonds is 6. The Morgan fingerprint density at radius 2 is 1.77 bits per heavy atom. The third-order valence-corrected chi connectivity index (χ3v) is 5.95. The predicted molar refractivity (Wildman–Crippen MR) is 120 cm³/mol. The molecule has 166 valence electrons.